The first-order chi connectivity index (χ1) is 12.4. The summed E-state index contributed by atoms with van der Waals surface area (Å²) in [6, 6.07) is 0. The van der Waals surface area contributed by atoms with Gasteiger partial charge in [-0.15, -0.1) is 0 Å². The fourth-order valence-electron chi connectivity index (χ4n) is 3.65. The summed E-state index contributed by atoms with van der Waals surface area (Å²) in [5.74, 6) is 0. The van der Waals surface area contributed by atoms with Gasteiger partial charge in [0.15, 0.2) is 0 Å². The van der Waals surface area contributed by atoms with Crippen LogP contribution >= 0.6 is 0 Å². The Bertz CT molecular complexity index is 270. The molecular formula is C22H44O3. The molecule has 0 aromatic carbocycles. The molecule has 1 rings (SSSR count). The second-order valence-electron chi connectivity index (χ2n) is 7.81. The standard InChI is InChI=1S/C22H44O3/c1-2-3-4-5-6-7-8-9-10-11-12-13-14-15-18-24-20-22-17-16-21(19-23)25-22/h21-23H,2-20H2,1H3/t21-,22-/m0/s1. The van der Waals surface area contributed by atoms with Gasteiger partial charge in [-0.25, -0.2) is 0 Å². The molecule has 1 saturated heterocycles. The van der Waals surface area contributed by atoms with Crippen molar-refractivity contribution in [2.45, 2.75) is 122 Å². The van der Waals surface area contributed by atoms with Crippen LogP contribution < -0.4 is 0 Å². The van der Waals surface area contributed by atoms with Crippen molar-refractivity contribution in [1.29, 1.82) is 0 Å². The Morgan fingerprint density at radius 2 is 1.20 bits per heavy atom. The van der Waals surface area contributed by atoms with E-state index < -0.39 is 0 Å². The summed E-state index contributed by atoms with van der Waals surface area (Å²) >= 11 is 0. The zero-order valence-electron chi connectivity index (χ0n) is 16.9. The first kappa shape index (κ1) is 22.9. The fraction of sp³-hybridized carbons (Fsp3) is 1.00. The molecule has 1 aliphatic rings. The minimum absolute atomic E-state index is 0.0506. The SMILES string of the molecule is CCCCCCCCCCCCCCCCOC[C@@H]1CC[C@@H](CO)O1. The summed E-state index contributed by atoms with van der Waals surface area (Å²) in [5.41, 5.74) is 0. The number of rotatable bonds is 18. The van der Waals surface area contributed by atoms with Crippen LogP contribution in [0.5, 0.6) is 0 Å². The molecule has 0 aromatic heterocycles. The van der Waals surface area contributed by atoms with Crippen LogP contribution in [0.4, 0.5) is 0 Å². The van der Waals surface area contributed by atoms with Crippen molar-refractivity contribution in [1.82, 2.24) is 0 Å². The molecule has 25 heavy (non-hydrogen) atoms. The molecule has 3 nitrogen and oxygen atoms in total. The van der Waals surface area contributed by atoms with Crippen LogP contribution in [0.2, 0.25) is 0 Å². The van der Waals surface area contributed by atoms with Gasteiger partial charge in [-0.2, -0.15) is 0 Å². The van der Waals surface area contributed by atoms with E-state index >= 15 is 0 Å². The number of aliphatic hydroxyl groups is 1. The maximum atomic E-state index is 9.03. The third-order valence-corrected chi connectivity index (χ3v) is 5.35. The third-order valence-electron chi connectivity index (χ3n) is 5.35. The predicted molar refractivity (Wildman–Crippen MR) is 106 cm³/mol. The van der Waals surface area contributed by atoms with Crippen LogP contribution in [0.3, 0.4) is 0 Å². The van der Waals surface area contributed by atoms with Crippen molar-refractivity contribution in [2.75, 3.05) is 19.8 Å². The van der Waals surface area contributed by atoms with Gasteiger partial charge >= 0.3 is 0 Å². The second kappa shape index (κ2) is 17.3. The molecule has 0 spiro atoms. The molecule has 2 atom stereocenters. The Labute approximate surface area is 156 Å². The molecular weight excluding hydrogens is 312 g/mol. The van der Waals surface area contributed by atoms with Gasteiger partial charge in [0.2, 0.25) is 0 Å². The quantitative estimate of drug-likeness (QED) is 0.305. The van der Waals surface area contributed by atoms with E-state index in [9.17, 15) is 0 Å². The number of aliphatic hydroxyl groups excluding tert-OH is 1. The Morgan fingerprint density at radius 3 is 1.68 bits per heavy atom. The lowest BCUT2D eigenvalue weighted by Gasteiger charge is -2.12. The average molecular weight is 357 g/mol. The summed E-state index contributed by atoms with van der Waals surface area (Å²) in [6.07, 6.45) is 21.8. The molecule has 0 unspecified atom stereocenters. The lowest BCUT2D eigenvalue weighted by atomic mass is 10.0. The highest BCUT2D eigenvalue weighted by molar-refractivity contribution is 4.72. The van der Waals surface area contributed by atoms with E-state index in [0.717, 1.165) is 19.4 Å². The van der Waals surface area contributed by atoms with E-state index in [1.165, 1.54) is 89.9 Å². The molecule has 1 heterocycles. The summed E-state index contributed by atoms with van der Waals surface area (Å²) in [7, 11) is 0. The van der Waals surface area contributed by atoms with E-state index in [1.54, 1.807) is 0 Å². The Hall–Kier alpha value is -0.120. The predicted octanol–water partition coefficient (Wildman–Crippen LogP) is 6.02. The normalized spacial score (nSPS) is 20.4. The summed E-state index contributed by atoms with van der Waals surface area (Å²) in [5, 5.41) is 9.03. The number of hydrogen-bond acceptors (Lipinski definition) is 3. The molecule has 1 fully saturated rings. The summed E-state index contributed by atoms with van der Waals surface area (Å²) in [4.78, 5) is 0. The molecule has 0 bridgehead atoms. The first-order valence-electron chi connectivity index (χ1n) is 11.2. The van der Waals surface area contributed by atoms with Crippen LogP contribution in [-0.4, -0.2) is 37.1 Å². The van der Waals surface area contributed by atoms with Gasteiger partial charge in [0.1, 0.15) is 0 Å². The average Bonchev–Trinajstić information content (AvgIpc) is 3.09. The van der Waals surface area contributed by atoms with Gasteiger partial charge in [-0.05, 0) is 19.3 Å². The largest absolute Gasteiger partial charge is 0.394 e. The number of unbranched alkanes of at least 4 members (excludes halogenated alkanes) is 13. The zero-order chi connectivity index (χ0) is 18.0. The molecule has 3 heteroatoms. The molecule has 1 aliphatic heterocycles. The van der Waals surface area contributed by atoms with Crippen LogP contribution in [0, 0.1) is 0 Å². The second-order valence-corrected chi connectivity index (χ2v) is 7.81. The van der Waals surface area contributed by atoms with Gasteiger partial charge in [-0.1, -0.05) is 90.4 Å². The van der Waals surface area contributed by atoms with Crippen molar-refractivity contribution in [3.63, 3.8) is 0 Å². The Balaban J connectivity index is 1.68. The number of ether oxygens (including phenoxy) is 2. The molecule has 150 valence electrons. The molecule has 0 saturated carbocycles. The summed E-state index contributed by atoms with van der Waals surface area (Å²) in [6.45, 7) is 4.00. The number of hydrogen-bond donors (Lipinski definition) is 1. The van der Waals surface area contributed by atoms with Gasteiger partial charge in [-0.3, -0.25) is 0 Å². The maximum absolute atomic E-state index is 9.03. The highest BCUT2D eigenvalue weighted by Crippen LogP contribution is 2.19. The van der Waals surface area contributed by atoms with E-state index in [-0.39, 0.29) is 18.8 Å². The van der Waals surface area contributed by atoms with Crippen molar-refractivity contribution < 1.29 is 14.6 Å². The van der Waals surface area contributed by atoms with Crippen molar-refractivity contribution in [2.24, 2.45) is 0 Å². The van der Waals surface area contributed by atoms with E-state index in [1.807, 2.05) is 0 Å². The fourth-order valence-corrected chi connectivity index (χ4v) is 3.65. The smallest absolute Gasteiger partial charge is 0.0814 e. The molecule has 1 N–H and O–H groups in total. The van der Waals surface area contributed by atoms with Gasteiger partial charge in [0.05, 0.1) is 25.4 Å². The molecule has 0 aliphatic carbocycles. The van der Waals surface area contributed by atoms with Crippen molar-refractivity contribution in [3.05, 3.63) is 0 Å². The highest BCUT2D eigenvalue weighted by Gasteiger charge is 2.24. The van der Waals surface area contributed by atoms with Gasteiger partial charge < -0.3 is 14.6 Å². The Morgan fingerprint density at radius 1 is 0.720 bits per heavy atom. The van der Waals surface area contributed by atoms with E-state index in [0.29, 0.717) is 6.61 Å². The minimum Gasteiger partial charge on any atom is -0.394 e. The molecule has 0 radical (unpaired) electrons. The third kappa shape index (κ3) is 13.7. The molecule has 0 aromatic rings. The lowest BCUT2D eigenvalue weighted by molar-refractivity contribution is -0.0318. The minimum atomic E-state index is 0.0506. The van der Waals surface area contributed by atoms with Crippen LogP contribution in [0.25, 0.3) is 0 Å². The van der Waals surface area contributed by atoms with Crippen molar-refractivity contribution in [3.8, 4) is 0 Å². The van der Waals surface area contributed by atoms with E-state index in [2.05, 4.69) is 6.92 Å². The van der Waals surface area contributed by atoms with Crippen molar-refractivity contribution >= 4 is 0 Å². The summed E-state index contributed by atoms with van der Waals surface area (Å²) < 4.78 is 11.4. The van der Waals surface area contributed by atoms with Crippen LogP contribution in [0.15, 0.2) is 0 Å². The first-order valence-corrected chi connectivity index (χ1v) is 11.2. The maximum Gasteiger partial charge on any atom is 0.0814 e. The van der Waals surface area contributed by atoms with Crippen LogP contribution in [0.1, 0.15) is 110 Å². The topological polar surface area (TPSA) is 38.7 Å². The van der Waals surface area contributed by atoms with Crippen LogP contribution in [-0.2, 0) is 9.47 Å². The Kier molecular flexibility index (Phi) is 15.9. The lowest BCUT2D eigenvalue weighted by Crippen LogP contribution is -2.19. The van der Waals surface area contributed by atoms with Gasteiger partial charge in [0.25, 0.3) is 0 Å². The van der Waals surface area contributed by atoms with Gasteiger partial charge in [0, 0.05) is 6.61 Å². The highest BCUT2D eigenvalue weighted by atomic mass is 16.5. The zero-order valence-corrected chi connectivity index (χ0v) is 16.9. The van der Waals surface area contributed by atoms with E-state index in [4.69, 9.17) is 14.6 Å². The monoisotopic (exact) mass is 356 g/mol. The molecule has 0 amide bonds.